The fraction of sp³-hybridized carbons (Fsp3) is 0.0714. The second-order valence-electron chi connectivity index (χ2n) is 3.84. The molecule has 0 spiro atoms. The predicted molar refractivity (Wildman–Crippen MR) is 72.1 cm³/mol. The molecule has 3 nitrogen and oxygen atoms in total. The lowest BCUT2D eigenvalue weighted by molar-refractivity contribution is 0.102. The van der Waals surface area contributed by atoms with Gasteiger partial charge in [-0.25, -0.2) is 0 Å². The van der Waals surface area contributed by atoms with Crippen LogP contribution in [0.2, 0.25) is 0 Å². The van der Waals surface area contributed by atoms with Crippen LogP contribution < -0.4 is 5.32 Å². The molecule has 1 amide bonds. The highest BCUT2D eigenvalue weighted by Gasteiger charge is 2.06. The summed E-state index contributed by atoms with van der Waals surface area (Å²) in [5.41, 5.74) is 1.98. The molecule has 0 unspecified atom stereocenters. The Bertz CT molecular complexity index is 569. The van der Waals surface area contributed by atoms with Crippen molar-refractivity contribution < 1.29 is 9.90 Å². The first kappa shape index (κ1) is 12.5. The molecule has 0 bridgehead atoms. The molecule has 2 aromatic carbocycles. The van der Waals surface area contributed by atoms with Crippen molar-refractivity contribution in [2.24, 2.45) is 0 Å². The molecular weight excluding hydrogens is 250 g/mol. The Hall–Kier alpha value is -2.00. The van der Waals surface area contributed by atoms with Crippen molar-refractivity contribution in [2.75, 3.05) is 5.32 Å². The Morgan fingerprint density at radius 3 is 2.67 bits per heavy atom. The van der Waals surface area contributed by atoms with E-state index in [9.17, 15) is 9.90 Å². The molecule has 4 heteroatoms. The number of rotatable bonds is 3. The number of carbonyl (C=O) groups is 1. The number of alkyl halides is 1. The number of aromatic hydroxyl groups is 1. The molecule has 92 valence electrons. The number of halogens is 1. The second-order valence-corrected chi connectivity index (χ2v) is 4.11. The van der Waals surface area contributed by atoms with Crippen molar-refractivity contribution in [3.8, 4) is 5.75 Å². The first-order valence-electron chi connectivity index (χ1n) is 5.44. The summed E-state index contributed by atoms with van der Waals surface area (Å²) in [4.78, 5) is 12.0. The maximum absolute atomic E-state index is 12.0. The average Bonchev–Trinajstić information content (AvgIpc) is 2.39. The van der Waals surface area contributed by atoms with Crippen molar-refractivity contribution >= 4 is 23.2 Å². The molecule has 0 atom stereocenters. The zero-order valence-corrected chi connectivity index (χ0v) is 10.3. The summed E-state index contributed by atoms with van der Waals surface area (Å²) >= 11 is 5.72. The molecule has 18 heavy (non-hydrogen) atoms. The van der Waals surface area contributed by atoms with Crippen LogP contribution in [0.5, 0.6) is 5.75 Å². The highest BCUT2D eigenvalue weighted by Crippen LogP contribution is 2.16. The molecule has 0 heterocycles. The molecule has 2 aromatic rings. The van der Waals surface area contributed by atoms with E-state index in [1.54, 1.807) is 36.4 Å². The lowest BCUT2D eigenvalue weighted by Crippen LogP contribution is -2.11. The van der Waals surface area contributed by atoms with Gasteiger partial charge in [0.15, 0.2) is 0 Å². The van der Waals surface area contributed by atoms with Gasteiger partial charge in [0, 0.05) is 23.2 Å². The third-order valence-corrected chi connectivity index (χ3v) is 2.76. The van der Waals surface area contributed by atoms with Crippen LogP contribution in [0.25, 0.3) is 0 Å². The first-order chi connectivity index (χ1) is 8.69. The number of hydrogen-bond acceptors (Lipinski definition) is 2. The van der Waals surface area contributed by atoms with E-state index < -0.39 is 0 Å². The zero-order valence-electron chi connectivity index (χ0n) is 9.56. The number of nitrogens with one attached hydrogen (secondary N) is 1. The predicted octanol–water partition coefficient (Wildman–Crippen LogP) is 3.38. The van der Waals surface area contributed by atoms with Crippen LogP contribution in [-0.2, 0) is 5.88 Å². The van der Waals surface area contributed by atoms with E-state index in [-0.39, 0.29) is 11.7 Å². The normalized spacial score (nSPS) is 10.1. The van der Waals surface area contributed by atoms with Crippen molar-refractivity contribution in [3.63, 3.8) is 0 Å². The summed E-state index contributed by atoms with van der Waals surface area (Å²) in [6.45, 7) is 0. The van der Waals surface area contributed by atoms with Gasteiger partial charge in [0.1, 0.15) is 5.75 Å². The molecule has 0 saturated carbocycles. The Balaban J connectivity index is 2.16. The number of phenolic OH excluding ortho intramolecular Hbond substituents is 1. The molecule has 2 N–H and O–H groups in total. The molecule has 0 fully saturated rings. The number of phenols is 1. The number of benzene rings is 2. The smallest absolute Gasteiger partial charge is 0.255 e. The Morgan fingerprint density at radius 1 is 1.17 bits per heavy atom. The highest BCUT2D eigenvalue weighted by atomic mass is 35.5. The number of amides is 1. The number of hydrogen-bond donors (Lipinski definition) is 2. The summed E-state index contributed by atoms with van der Waals surface area (Å²) in [7, 11) is 0. The van der Waals surface area contributed by atoms with Crippen molar-refractivity contribution in [1.29, 1.82) is 0 Å². The maximum Gasteiger partial charge on any atom is 0.255 e. The van der Waals surface area contributed by atoms with Gasteiger partial charge < -0.3 is 10.4 Å². The quantitative estimate of drug-likeness (QED) is 0.832. The fourth-order valence-electron chi connectivity index (χ4n) is 1.58. The zero-order chi connectivity index (χ0) is 13.0. The molecule has 0 saturated heterocycles. The van der Waals surface area contributed by atoms with Gasteiger partial charge in [0.25, 0.3) is 5.91 Å². The van der Waals surface area contributed by atoms with Gasteiger partial charge in [-0.05, 0) is 29.8 Å². The van der Waals surface area contributed by atoms with Crippen molar-refractivity contribution in [1.82, 2.24) is 0 Å². The molecular formula is C14H12ClNO2. The van der Waals surface area contributed by atoms with Gasteiger partial charge in [0.05, 0.1) is 0 Å². The van der Waals surface area contributed by atoms with Gasteiger partial charge >= 0.3 is 0 Å². The summed E-state index contributed by atoms with van der Waals surface area (Å²) in [6.07, 6.45) is 0. The van der Waals surface area contributed by atoms with E-state index >= 15 is 0 Å². The standard InChI is InChI=1S/C14H12ClNO2/c15-9-10-3-1-4-11(7-10)14(18)16-12-5-2-6-13(17)8-12/h1-8,17H,9H2,(H,16,18). The van der Waals surface area contributed by atoms with E-state index in [4.69, 9.17) is 11.6 Å². The van der Waals surface area contributed by atoms with Gasteiger partial charge in [-0.2, -0.15) is 0 Å². The Morgan fingerprint density at radius 2 is 1.94 bits per heavy atom. The Labute approximate surface area is 110 Å². The van der Waals surface area contributed by atoms with E-state index in [2.05, 4.69) is 5.32 Å². The summed E-state index contributed by atoms with van der Waals surface area (Å²) in [5, 5.41) is 12.0. The maximum atomic E-state index is 12.0. The summed E-state index contributed by atoms with van der Waals surface area (Å²) in [6, 6.07) is 13.5. The lowest BCUT2D eigenvalue weighted by Gasteiger charge is -2.06. The minimum Gasteiger partial charge on any atom is -0.508 e. The van der Waals surface area contributed by atoms with E-state index in [0.29, 0.717) is 17.1 Å². The van der Waals surface area contributed by atoms with E-state index in [0.717, 1.165) is 5.56 Å². The van der Waals surface area contributed by atoms with Crippen molar-refractivity contribution in [3.05, 3.63) is 59.7 Å². The van der Waals surface area contributed by atoms with Gasteiger partial charge in [-0.15, -0.1) is 11.6 Å². The molecule has 0 aromatic heterocycles. The van der Waals surface area contributed by atoms with Crippen LogP contribution in [0, 0.1) is 0 Å². The average molecular weight is 262 g/mol. The van der Waals surface area contributed by atoms with E-state index in [1.807, 2.05) is 6.07 Å². The largest absolute Gasteiger partial charge is 0.508 e. The lowest BCUT2D eigenvalue weighted by atomic mass is 10.1. The molecule has 0 aliphatic carbocycles. The van der Waals surface area contributed by atoms with Crippen molar-refractivity contribution in [2.45, 2.75) is 5.88 Å². The molecule has 0 aliphatic rings. The third-order valence-electron chi connectivity index (χ3n) is 2.45. The topological polar surface area (TPSA) is 49.3 Å². The van der Waals surface area contributed by atoms with E-state index in [1.165, 1.54) is 6.07 Å². The SMILES string of the molecule is O=C(Nc1cccc(O)c1)c1cccc(CCl)c1. The van der Waals surface area contributed by atoms with Gasteiger partial charge in [0.2, 0.25) is 0 Å². The van der Waals surface area contributed by atoms with Crippen LogP contribution in [0.4, 0.5) is 5.69 Å². The first-order valence-corrected chi connectivity index (χ1v) is 5.98. The van der Waals surface area contributed by atoms with Gasteiger partial charge in [-0.3, -0.25) is 4.79 Å². The van der Waals surface area contributed by atoms with Crippen LogP contribution in [0.15, 0.2) is 48.5 Å². The minimum atomic E-state index is -0.229. The summed E-state index contributed by atoms with van der Waals surface area (Å²) < 4.78 is 0. The number of anilines is 1. The fourth-order valence-corrected chi connectivity index (χ4v) is 1.75. The molecule has 0 aliphatic heterocycles. The second kappa shape index (κ2) is 5.56. The number of carbonyl (C=O) groups excluding carboxylic acids is 1. The van der Waals surface area contributed by atoms with Crippen LogP contribution in [-0.4, -0.2) is 11.0 Å². The summed E-state index contributed by atoms with van der Waals surface area (Å²) in [5.74, 6) is 0.252. The van der Waals surface area contributed by atoms with Crippen LogP contribution >= 0.6 is 11.6 Å². The minimum absolute atomic E-state index is 0.113. The van der Waals surface area contributed by atoms with Crippen LogP contribution in [0.1, 0.15) is 15.9 Å². The highest BCUT2D eigenvalue weighted by molar-refractivity contribution is 6.17. The molecule has 2 rings (SSSR count). The monoisotopic (exact) mass is 261 g/mol. The molecule has 0 radical (unpaired) electrons. The Kier molecular flexibility index (Phi) is 3.85. The third kappa shape index (κ3) is 3.02. The van der Waals surface area contributed by atoms with Gasteiger partial charge in [-0.1, -0.05) is 18.2 Å². The van der Waals surface area contributed by atoms with Crippen LogP contribution in [0.3, 0.4) is 0 Å².